The monoisotopic (exact) mass is 1120 g/mol. The lowest BCUT2D eigenvalue weighted by atomic mass is 9.96. The van der Waals surface area contributed by atoms with Crippen LogP contribution in [-0.4, -0.2) is 113 Å². The predicted molar refractivity (Wildman–Crippen MR) is 308 cm³/mol. The Morgan fingerprint density at radius 3 is 1.50 bits per heavy atom. The molecule has 0 saturated carbocycles. The average molecular weight is 1120 g/mol. The molecule has 7 heterocycles. The average Bonchev–Trinajstić information content (AvgIpc) is 3.33. The molecule has 2 atom stereocenters. The van der Waals surface area contributed by atoms with Gasteiger partial charge in [0, 0.05) is 79.1 Å². The van der Waals surface area contributed by atoms with Crippen molar-refractivity contribution in [2.45, 2.75) is 141 Å². The van der Waals surface area contributed by atoms with Gasteiger partial charge in [-0.15, -0.1) is 0 Å². The molecule has 0 aromatic carbocycles. The van der Waals surface area contributed by atoms with Crippen molar-refractivity contribution in [1.82, 2.24) is 55.7 Å². The van der Waals surface area contributed by atoms with Crippen LogP contribution in [0.3, 0.4) is 0 Å². The van der Waals surface area contributed by atoms with E-state index in [1.807, 2.05) is 110 Å². The Morgan fingerprint density at radius 1 is 0.588 bits per heavy atom. The molecule has 1 aromatic rings. The third-order valence-corrected chi connectivity index (χ3v) is 11.3. The van der Waals surface area contributed by atoms with Gasteiger partial charge in [-0.3, -0.25) is 44.8 Å². The number of imide groups is 1. The maximum Gasteiger partial charge on any atom is 0.347 e. The summed E-state index contributed by atoms with van der Waals surface area (Å²) >= 11 is 0. The lowest BCUT2D eigenvalue weighted by Gasteiger charge is -2.31. The number of guanidine groups is 1. The molecular weight excluding hydrogens is 1030 g/mol. The number of carbonyl (C=O) groups excluding carboxylic acids is 6. The van der Waals surface area contributed by atoms with Gasteiger partial charge >= 0.3 is 6.03 Å². The molecule has 0 aliphatic carbocycles. The number of urea groups is 1. The van der Waals surface area contributed by atoms with Gasteiger partial charge in [0.2, 0.25) is 29.5 Å². The second-order valence-electron chi connectivity index (χ2n) is 20.3. The summed E-state index contributed by atoms with van der Waals surface area (Å²) in [7, 11) is 0. The largest absolute Gasteiger partial charge is 0.384 e. The Labute approximate surface area is 468 Å². The quantitative estimate of drug-likeness (QED) is 0.155. The van der Waals surface area contributed by atoms with Crippen LogP contribution in [0.25, 0.3) is 0 Å². The highest BCUT2D eigenvalue weighted by atomic mass is 19.1. The van der Waals surface area contributed by atoms with E-state index in [4.69, 9.17) is 11.1 Å². The van der Waals surface area contributed by atoms with E-state index in [9.17, 15) is 42.3 Å². The van der Waals surface area contributed by atoms with Gasteiger partial charge in [-0.05, 0) is 101 Å². The first-order valence-corrected chi connectivity index (χ1v) is 25.7. The molecule has 0 fully saturated rings. The molecule has 6 aliphatic rings. The van der Waals surface area contributed by atoms with Gasteiger partial charge in [0.05, 0.1) is 18.0 Å². The van der Waals surface area contributed by atoms with Crippen molar-refractivity contribution < 1.29 is 37.5 Å². The summed E-state index contributed by atoms with van der Waals surface area (Å²) in [6.07, 6.45) is 14.0. The van der Waals surface area contributed by atoms with E-state index < -0.39 is 23.7 Å². The van der Waals surface area contributed by atoms with Gasteiger partial charge in [0.15, 0.2) is 0 Å². The highest BCUT2D eigenvalue weighted by molar-refractivity contribution is 6.10. The van der Waals surface area contributed by atoms with Crippen LogP contribution in [0.1, 0.15) is 116 Å². The Morgan fingerprint density at radius 2 is 1.05 bits per heavy atom. The third kappa shape index (κ3) is 22.8. The Hall–Kier alpha value is -8.64. The van der Waals surface area contributed by atoms with Crippen molar-refractivity contribution in [3.8, 4) is 0 Å². The standard InChI is InChI=1S/C9H14N2O.2C8H11FN2O.C8H13N3.C8H12N2O.C7H11N3O.C7H10N2O2/c1-6(2)11-5-7(3)9(12)10-8(11)4;1-5(2)11-4-7(9)8(12)10-6(11)3;1-5(2)11-4-7(9)10-6(3)8(11)12;1-6(2)11-5-4-8(9)10-7(11)3;1-6(2)10-5-4-8(11)9-7(10)3;1-4(2)5-3-9-7(8)10-6(5)11;1-4(2)5-3-8-7(11)9-6(5)10/h5-6H,4H2,1-3H3,(H,10,12);4-5H,3H2,1-2H3,(H,10,12);4-5H,1-3H3;4-6H,3H2,1-2H3,(H2,9,10);4-6H,3H2,1-2H3,(H,9,11);3-5H,1-2H3,(H2,8,10,11);3-5H,1-2H3,(H,9,10,11). The molecule has 0 radical (unpaired) electrons. The number of nitrogens with two attached hydrogens (primary N) is 1. The number of hydrogen-bond donors (Lipinski definition) is 7. The fourth-order valence-corrected chi connectivity index (χ4v) is 6.82. The smallest absolute Gasteiger partial charge is 0.347 e. The molecule has 2 unspecified atom stereocenters. The summed E-state index contributed by atoms with van der Waals surface area (Å²) in [6.45, 7) is 45.5. The highest BCUT2D eigenvalue weighted by Gasteiger charge is 2.27. The molecule has 1 aromatic heterocycles. The van der Waals surface area contributed by atoms with E-state index in [0.717, 1.165) is 18.0 Å². The summed E-state index contributed by atoms with van der Waals surface area (Å²) in [5, 5.41) is 19.1. The van der Waals surface area contributed by atoms with Gasteiger partial charge in [-0.1, -0.05) is 54.0 Å². The molecule has 0 saturated heterocycles. The van der Waals surface area contributed by atoms with E-state index in [2.05, 4.69) is 86.7 Å². The molecule has 25 heteroatoms. The molecule has 7 rings (SSSR count). The van der Waals surface area contributed by atoms with Crippen LogP contribution in [0.2, 0.25) is 0 Å². The van der Waals surface area contributed by atoms with E-state index in [-0.39, 0.29) is 76.6 Å². The van der Waals surface area contributed by atoms with Crippen molar-refractivity contribution in [2.75, 3.05) is 0 Å². The number of hydrogen-bond acceptors (Lipinski definition) is 15. The fourth-order valence-electron chi connectivity index (χ4n) is 6.82. The molecule has 7 amide bonds. The number of amidine groups is 1. The molecule has 8 N–H and O–H groups in total. The molecule has 80 heavy (non-hydrogen) atoms. The number of rotatable bonds is 7. The highest BCUT2D eigenvalue weighted by Crippen LogP contribution is 2.17. The van der Waals surface area contributed by atoms with Crippen molar-refractivity contribution >= 4 is 59.8 Å². The first-order chi connectivity index (χ1) is 37.0. The summed E-state index contributed by atoms with van der Waals surface area (Å²) in [5.41, 5.74) is 6.15. The zero-order valence-corrected chi connectivity index (χ0v) is 48.9. The maximum absolute atomic E-state index is 12.7. The van der Waals surface area contributed by atoms with Crippen molar-refractivity contribution in [2.24, 2.45) is 44.4 Å². The molecule has 0 bridgehead atoms. The lowest BCUT2D eigenvalue weighted by molar-refractivity contribution is -0.123. The van der Waals surface area contributed by atoms with Crippen molar-refractivity contribution in [3.05, 3.63) is 126 Å². The van der Waals surface area contributed by atoms with Crippen LogP contribution in [0, 0.1) is 42.0 Å². The van der Waals surface area contributed by atoms with E-state index >= 15 is 0 Å². The minimum absolute atomic E-state index is 0.0336. The second kappa shape index (κ2) is 32.3. The van der Waals surface area contributed by atoms with Crippen molar-refractivity contribution in [3.63, 3.8) is 0 Å². The van der Waals surface area contributed by atoms with Gasteiger partial charge in [-0.25, -0.2) is 24.8 Å². The molecular formula is C55H82F2N16O7. The molecule has 23 nitrogen and oxygen atoms in total. The van der Waals surface area contributed by atoms with Crippen LogP contribution >= 0.6 is 0 Å². The molecule has 0 spiro atoms. The Balaban J connectivity index is 0.000000467. The number of nitrogens with zero attached hydrogens (tertiary/aromatic N) is 9. The number of aryl methyl sites for hydroxylation is 1. The summed E-state index contributed by atoms with van der Waals surface area (Å²) < 4.78 is 26.8. The second-order valence-corrected chi connectivity index (χ2v) is 20.3. The zero-order chi connectivity index (χ0) is 61.6. The Kier molecular flexibility index (Phi) is 28.0. The fraction of sp³-hybridized carbons (Fsp3) is 0.455. The normalized spacial score (nSPS) is 18.5. The van der Waals surface area contributed by atoms with Crippen LogP contribution in [0.5, 0.6) is 0 Å². The van der Waals surface area contributed by atoms with Crippen LogP contribution in [0.4, 0.5) is 13.6 Å². The van der Waals surface area contributed by atoms with Gasteiger partial charge in [0.1, 0.15) is 34.8 Å². The zero-order valence-electron chi connectivity index (χ0n) is 48.9. The number of aliphatic imine (C=N–C) groups is 3. The SMILES string of the molecule is C=C1N=C(N)C=CN1C(C)C.C=C1NC(=O)C(C)=CN1C(C)C.C=C1NC(=O)C(F)=CN1C(C)C.C=C1NC(=O)C=CN1C(C)C.CC(C)C1C=NC(=N)NC1=O.CC(C)C1C=NC(=O)NC1=O.Cc1nc(F)cn(C(C)C)c1=O. The third-order valence-electron chi connectivity index (χ3n) is 11.3. The van der Waals surface area contributed by atoms with Crippen LogP contribution < -0.4 is 37.9 Å². The summed E-state index contributed by atoms with van der Waals surface area (Å²) in [6, 6.07) is 0.535. The first-order valence-electron chi connectivity index (χ1n) is 25.7. The lowest BCUT2D eigenvalue weighted by Crippen LogP contribution is -2.41. The molecule has 6 aliphatic heterocycles. The number of aromatic nitrogens is 2. The van der Waals surface area contributed by atoms with Crippen LogP contribution in [0.15, 0.2) is 124 Å². The minimum Gasteiger partial charge on any atom is -0.384 e. The van der Waals surface area contributed by atoms with E-state index in [0.29, 0.717) is 47.2 Å². The van der Waals surface area contributed by atoms with Gasteiger partial charge in [-0.2, -0.15) is 8.78 Å². The van der Waals surface area contributed by atoms with Gasteiger partial charge in [0.25, 0.3) is 23.3 Å². The number of nitrogens with one attached hydrogen (secondary N) is 6. The number of amides is 7. The van der Waals surface area contributed by atoms with E-state index in [1.54, 1.807) is 24.1 Å². The molecule has 438 valence electrons. The topological polar surface area (TPSA) is 297 Å². The first kappa shape index (κ1) is 69.4. The Bertz CT molecular complexity index is 2610. The number of halogens is 2. The van der Waals surface area contributed by atoms with Crippen LogP contribution in [-0.2, 0) is 24.0 Å². The number of carbonyl (C=O) groups is 6. The van der Waals surface area contributed by atoms with E-state index in [1.165, 1.54) is 30.0 Å². The predicted octanol–water partition coefficient (Wildman–Crippen LogP) is 6.42. The minimum atomic E-state index is -0.781. The van der Waals surface area contributed by atoms with Crippen molar-refractivity contribution in [1.29, 1.82) is 5.41 Å². The maximum atomic E-state index is 12.7. The summed E-state index contributed by atoms with van der Waals surface area (Å²) in [5.74, 6) is 0.219. The summed E-state index contributed by atoms with van der Waals surface area (Å²) in [4.78, 5) is 98.5. The van der Waals surface area contributed by atoms with Gasteiger partial charge < -0.3 is 45.9 Å².